The van der Waals surface area contributed by atoms with Crippen LogP contribution in [0.1, 0.15) is 23.2 Å². The van der Waals surface area contributed by atoms with E-state index in [1.807, 2.05) is 0 Å². The molecule has 0 amide bonds. The lowest BCUT2D eigenvalue weighted by Crippen LogP contribution is -2.29. The van der Waals surface area contributed by atoms with E-state index in [9.17, 15) is 13.2 Å². The van der Waals surface area contributed by atoms with Gasteiger partial charge in [-0.2, -0.15) is 4.31 Å². The molecule has 1 heterocycles. The minimum atomic E-state index is -3.73. The van der Waals surface area contributed by atoms with Crippen LogP contribution < -0.4 is 0 Å². The number of aromatic carboxylic acids is 1. The minimum absolute atomic E-state index is 0.000953. The highest BCUT2D eigenvalue weighted by molar-refractivity contribution is 7.89. The SMILES string of the molecule is O=C(O)c1cc(S(=O)(=O)N2CCC(CCO)C2)ccc1Cl. The van der Waals surface area contributed by atoms with E-state index in [-0.39, 0.29) is 28.0 Å². The molecule has 1 aliphatic rings. The Balaban J connectivity index is 2.28. The highest BCUT2D eigenvalue weighted by Gasteiger charge is 2.32. The lowest BCUT2D eigenvalue weighted by molar-refractivity contribution is 0.0697. The Bertz CT molecular complexity index is 646. The molecule has 0 aromatic heterocycles. The predicted molar refractivity (Wildman–Crippen MR) is 77.0 cm³/mol. The van der Waals surface area contributed by atoms with E-state index in [1.54, 1.807) is 0 Å². The number of carboxylic acid groups (broad SMARTS) is 1. The quantitative estimate of drug-likeness (QED) is 0.850. The van der Waals surface area contributed by atoms with E-state index in [0.29, 0.717) is 25.9 Å². The number of aliphatic hydroxyl groups is 1. The van der Waals surface area contributed by atoms with Crippen LogP contribution in [0.15, 0.2) is 23.1 Å². The third-order valence-corrected chi connectivity index (χ3v) is 5.78. The number of carbonyl (C=O) groups is 1. The fourth-order valence-corrected chi connectivity index (χ4v) is 4.17. The first-order valence-electron chi connectivity index (χ1n) is 6.50. The maximum absolute atomic E-state index is 12.5. The van der Waals surface area contributed by atoms with Crippen LogP contribution in [-0.2, 0) is 10.0 Å². The van der Waals surface area contributed by atoms with Gasteiger partial charge >= 0.3 is 5.97 Å². The van der Waals surface area contributed by atoms with Crippen LogP contribution in [0.5, 0.6) is 0 Å². The van der Waals surface area contributed by atoms with Crippen LogP contribution >= 0.6 is 11.6 Å². The van der Waals surface area contributed by atoms with Crippen LogP contribution in [0, 0.1) is 5.92 Å². The summed E-state index contributed by atoms with van der Waals surface area (Å²) in [6.45, 7) is 0.745. The minimum Gasteiger partial charge on any atom is -0.478 e. The number of aliphatic hydroxyl groups excluding tert-OH is 1. The molecule has 0 bridgehead atoms. The van der Waals surface area contributed by atoms with Gasteiger partial charge in [0.1, 0.15) is 0 Å². The Morgan fingerprint density at radius 3 is 2.76 bits per heavy atom. The van der Waals surface area contributed by atoms with Crippen molar-refractivity contribution in [3.63, 3.8) is 0 Å². The van der Waals surface area contributed by atoms with Gasteiger partial charge in [0.05, 0.1) is 15.5 Å². The van der Waals surface area contributed by atoms with Gasteiger partial charge in [-0.1, -0.05) is 11.6 Å². The standard InChI is InChI=1S/C13H16ClNO5S/c14-12-2-1-10(7-11(12)13(17)18)21(19,20)15-5-3-9(8-15)4-6-16/h1-2,7,9,16H,3-6,8H2,(H,17,18). The van der Waals surface area contributed by atoms with E-state index in [2.05, 4.69) is 0 Å². The lowest BCUT2D eigenvalue weighted by Gasteiger charge is -2.17. The number of hydrogen-bond acceptors (Lipinski definition) is 4. The number of nitrogens with zero attached hydrogens (tertiary/aromatic N) is 1. The molecule has 1 fully saturated rings. The first-order valence-corrected chi connectivity index (χ1v) is 8.32. The van der Waals surface area contributed by atoms with Crippen molar-refractivity contribution in [2.24, 2.45) is 5.92 Å². The molecule has 21 heavy (non-hydrogen) atoms. The monoisotopic (exact) mass is 333 g/mol. The smallest absolute Gasteiger partial charge is 0.337 e. The van der Waals surface area contributed by atoms with Gasteiger partial charge in [0.25, 0.3) is 0 Å². The second-order valence-corrected chi connectivity index (χ2v) is 7.32. The largest absolute Gasteiger partial charge is 0.478 e. The second kappa shape index (κ2) is 6.31. The van der Waals surface area contributed by atoms with E-state index in [4.69, 9.17) is 21.8 Å². The number of benzene rings is 1. The maximum Gasteiger partial charge on any atom is 0.337 e. The third kappa shape index (κ3) is 3.37. The number of rotatable bonds is 5. The molecule has 0 radical (unpaired) electrons. The van der Waals surface area contributed by atoms with Gasteiger partial charge in [-0.05, 0) is 37.0 Å². The molecule has 1 aromatic rings. The summed E-state index contributed by atoms with van der Waals surface area (Å²) >= 11 is 5.75. The molecule has 1 aromatic carbocycles. The number of sulfonamides is 1. The van der Waals surface area contributed by atoms with Crippen LogP contribution in [0.4, 0.5) is 0 Å². The summed E-state index contributed by atoms with van der Waals surface area (Å²) in [5.74, 6) is -1.13. The fraction of sp³-hybridized carbons (Fsp3) is 0.462. The highest BCUT2D eigenvalue weighted by atomic mass is 35.5. The number of hydrogen-bond donors (Lipinski definition) is 2. The molecule has 8 heteroatoms. The van der Waals surface area contributed by atoms with Gasteiger partial charge < -0.3 is 10.2 Å². The van der Waals surface area contributed by atoms with E-state index in [1.165, 1.54) is 16.4 Å². The lowest BCUT2D eigenvalue weighted by atomic mass is 10.1. The predicted octanol–water partition coefficient (Wildman–Crippen LogP) is 1.43. The summed E-state index contributed by atoms with van der Waals surface area (Å²) in [6, 6.07) is 3.67. The molecule has 0 spiro atoms. The molecule has 1 saturated heterocycles. The van der Waals surface area contributed by atoms with Crippen molar-refractivity contribution in [1.82, 2.24) is 4.31 Å². The molecule has 116 valence electrons. The van der Waals surface area contributed by atoms with E-state index >= 15 is 0 Å². The summed E-state index contributed by atoms with van der Waals surface area (Å²) in [5, 5.41) is 17.9. The number of halogens is 1. The molecule has 0 saturated carbocycles. The Morgan fingerprint density at radius 2 is 2.14 bits per heavy atom. The molecular formula is C13H16ClNO5S. The van der Waals surface area contributed by atoms with Gasteiger partial charge in [-0.25, -0.2) is 13.2 Å². The molecule has 1 aliphatic heterocycles. The normalized spacial score (nSPS) is 19.8. The second-order valence-electron chi connectivity index (χ2n) is 4.98. The maximum atomic E-state index is 12.5. The van der Waals surface area contributed by atoms with Gasteiger partial charge in [0, 0.05) is 19.7 Å². The fourth-order valence-electron chi connectivity index (χ4n) is 2.41. The van der Waals surface area contributed by atoms with Crippen molar-refractivity contribution in [2.75, 3.05) is 19.7 Å². The van der Waals surface area contributed by atoms with Crippen molar-refractivity contribution < 1.29 is 23.4 Å². The molecule has 2 N–H and O–H groups in total. The van der Waals surface area contributed by atoms with Crippen LogP contribution in [-0.4, -0.2) is 48.6 Å². The van der Waals surface area contributed by atoms with Crippen LogP contribution in [0.2, 0.25) is 5.02 Å². The first kappa shape index (κ1) is 16.2. The van der Waals surface area contributed by atoms with Crippen molar-refractivity contribution >= 4 is 27.6 Å². The van der Waals surface area contributed by atoms with Gasteiger partial charge in [0.2, 0.25) is 10.0 Å². The Morgan fingerprint density at radius 1 is 1.43 bits per heavy atom. The summed E-state index contributed by atoms with van der Waals surface area (Å²) in [5.41, 5.74) is -0.233. The van der Waals surface area contributed by atoms with Crippen molar-refractivity contribution in [2.45, 2.75) is 17.7 Å². The zero-order chi connectivity index (χ0) is 15.6. The molecule has 1 unspecified atom stereocenters. The average Bonchev–Trinajstić information content (AvgIpc) is 2.88. The average molecular weight is 334 g/mol. The third-order valence-electron chi connectivity index (χ3n) is 3.59. The zero-order valence-electron chi connectivity index (χ0n) is 11.2. The summed E-state index contributed by atoms with van der Waals surface area (Å²) < 4.78 is 26.3. The molecule has 1 atom stereocenters. The molecule has 6 nitrogen and oxygen atoms in total. The summed E-state index contributed by atoms with van der Waals surface area (Å²) in [7, 11) is -3.73. The van der Waals surface area contributed by atoms with Gasteiger partial charge in [-0.15, -0.1) is 0 Å². The van der Waals surface area contributed by atoms with Gasteiger partial charge in [-0.3, -0.25) is 0 Å². The molecule has 2 rings (SSSR count). The van der Waals surface area contributed by atoms with Gasteiger partial charge in [0.15, 0.2) is 0 Å². The Kier molecular flexibility index (Phi) is 4.88. The molecule has 0 aliphatic carbocycles. The zero-order valence-corrected chi connectivity index (χ0v) is 12.8. The first-order chi connectivity index (χ1) is 9.86. The van der Waals surface area contributed by atoms with E-state index in [0.717, 1.165) is 6.07 Å². The molecular weight excluding hydrogens is 318 g/mol. The van der Waals surface area contributed by atoms with Crippen molar-refractivity contribution in [3.8, 4) is 0 Å². The Labute approximate surface area is 128 Å². The number of carboxylic acids is 1. The van der Waals surface area contributed by atoms with Crippen molar-refractivity contribution in [3.05, 3.63) is 28.8 Å². The summed E-state index contributed by atoms with van der Waals surface area (Å²) in [6.07, 6.45) is 1.26. The van der Waals surface area contributed by atoms with Crippen LogP contribution in [0.25, 0.3) is 0 Å². The Hall–Kier alpha value is -1.15. The van der Waals surface area contributed by atoms with E-state index < -0.39 is 16.0 Å². The highest BCUT2D eigenvalue weighted by Crippen LogP contribution is 2.28. The topological polar surface area (TPSA) is 94.9 Å². The summed E-state index contributed by atoms with van der Waals surface area (Å²) in [4.78, 5) is 11.0. The van der Waals surface area contributed by atoms with Crippen molar-refractivity contribution in [1.29, 1.82) is 0 Å². The van der Waals surface area contributed by atoms with Crippen LogP contribution in [0.3, 0.4) is 0 Å².